The summed E-state index contributed by atoms with van der Waals surface area (Å²) in [5.41, 5.74) is 0. The molecule has 2 fully saturated rings. The van der Waals surface area contributed by atoms with Gasteiger partial charge in [0.15, 0.2) is 0 Å². The Kier molecular flexibility index (Phi) is 7.16. The van der Waals surface area contributed by atoms with Crippen LogP contribution in [0.3, 0.4) is 0 Å². The number of hydrogen-bond acceptors (Lipinski definition) is 4. The Hall–Kier alpha value is 0.620. The molecule has 2 nitrogen and oxygen atoms in total. The zero-order valence-corrected chi connectivity index (χ0v) is 12.3. The largest absolute Gasteiger partial charge is 0.378 e. The average Bonchev–Trinajstić information content (AvgIpc) is 2.72. The first-order chi connectivity index (χ1) is 8.45. The van der Waals surface area contributed by atoms with Crippen molar-refractivity contribution >= 4 is 23.5 Å². The second kappa shape index (κ2) is 8.68. The van der Waals surface area contributed by atoms with Gasteiger partial charge in [-0.15, -0.1) is 0 Å². The zero-order valence-electron chi connectivity index (χ0n) is 10.7. The molecule has 100 valence electrons. The van der Waals surface area contributed by atoms with Gasteiger partial charge in [-0.3, -0.25) is 0 Å². The van der Waals surface area contributed by atoms with Gasteiger partial charge in [-0.05, 0) is 38.6 Å². The van der Waals surface area contributed by atoms with E-state index in [-0.39, 0.29) is 0 Å². The fraction of sp³-hybridized carbons (Fsp3) is 1.00. The first-order valence-electron chi connectivity index (χ1n) is 6.95. The third-order valence-electron chi connectivity index (χ3n) is 3.42. The predicted molar refractivity (Wildman–Crippen MR) is 79.3 cm³/mol. The van der Waals surface area contributed by atoms with Crippen LogP contribution in [0.5, 0.6) is 0 Å². The van der Waals surface area contributed by atoms with E-state index < -0.39 is 0 Å². The molecular formula is C13H25NOS2. The van der Waals surface area contributed by atoms with E-state index in [1.54, 1.807) is 0 Å². The van der Waals surface area contributed by atoms with Crippen LogP contribution in [0.25, 0.3) is 0 Å². The van der Waals surface area contributed by atoms with Gasteiger partial charge in [0.2, 0.25) is 0 Å². The lowest BCUT2D eigenvalue weighted by molar-refractivity contribution is 0.102. The normalized spacial score (nSPS) is 27.2. The monoisotopic (exact) mass is 275 g/mol. The maximum atomic E-state index is 5.64. The molecule has 2 aliphatic rings. The van der Waals surface area contributed by atoms with Crippen LogP contribution in [0.15, 0.2) is 0 Å². The van der Waals surface area contributed by atoms with Crippen LogP contribution in [0, 0.1) is 0 Å². The topological polar surface area (TPSA) is 21.3 Å². The Morgan fingerprint density at radius 2 is 1.94 bits per heavy atom. The molecule has 0 aliphatic carbocycles. The minimum absolute atomic E-state index is 0.582. The molecule has 0 aromatic rings. The van der Waals surface area contributed by atoms with Gasteiger partial charge in [0.1, 0.15) is 0 Å². The molecule has 4 heteroatoms. The van der Waals surface area contributed by atoms with E-state index in [1.165, 1.54) is 61.7 Å². The SMILES string of the molecule is C(CC[C@@H]1CCCO1)CNC1CSCCSC1. The Labute approximate surface area is 114 Å². The van der Waals surface area contributed by atoms with E-state index in [0.29, 0.717) is 6.10 Å². The van der Waals surface area contributed by atoms with Crippen LogP contribution >= 0.6 is 23.5 Å². The van der Waals surface area contributed by atoms with Gasteiger partial charge in [0.25, 0.3) is 0 Å². The van der Waals surface area contributed by atoms with Crippen molar-refractivity contribution in [2.45, 2.75) is 44.2 Å². The Balaban J connectivity index is 1.44. The van der Waals surface area contributed by atoms with E-state index in [4.69, 9.17) is 4.74 Å². The van der Waals surface area contributed by atoms with Crippen LogP contribution in [0.1, 0.15) is 32.1 Å². The maximum Gasteiger partial charge on any atom is 0.0576 e. The molecule has 0 aromatic heterocycles. The molecule has 2 rings (SSSR count). The van der Waals surface area contributed by atoms with Gasteiger partial charge in [-0.2, -0.15) is 23.5 Å². The second-order valence-corrected chi connectivity index (χ2v) is 7.23. The summed E-state index contributed by atoms with van der Waals surface area (Å²) in [5, 5.41) is 3.70. The number of thioether (sulfide) groups is 2. The van der Waals surface area contributed by atoms with E-state index >= 15 is 0 Å². The Morgan fingerprint density at radius 1 is 1.12 bits per heavy atom. The molecule has 2 heterocycles. The molecule has 0 radical (unpaired) electrons. The first-order valence-corrected chi connectivity index (χ1v) is 9.26. The maximum absolute atomic E-state index is 5.64. The highest BCUT2D eigenvalue weighted by Crippen LogP contribution is 2.18. The highest BCUT2D eigenvalue weighted by atomic mass is 32.2. The number of nitrogens with one attached hydrogen (secondary N) is 1. The summed E-state index contributed by atoms with van der Waals surface area (Å²) in [7, 11) is 0. The van der Waals surface area contributed by atoms with E-state index in [9.17, 15) is 0 Å². The Morgan fingerprint density at radius 3 is 2.65 bits per heavy atom. The molecular weight excluding hydrogens is 250 g/mol. The van der Waals surface area contributed by atoms with Crippen molar-refractivity contribution in [1.29, 1.82) is 0 Å². The standard InChI is InChI=1S/C13H25NOS2/c1(4-13-5-3-7-15-13)2-6-14-12-10-16-8-9-17-11-12/h12-14H,1-11H2/t13-/m1/s1. The smallest absolute Gasteiger partial charge is 0.0576 e. The highest BCUT2D eigenvalue weighted by Gasteiger charge is 2.15. The van der Waals surface area contributed by atoms with Gasteiger partial charge in [0.05, 0.1) is 6.10 Å². The summed E-state index contributed by atoms with van der Waals surface area (Å²) >= 11 is 4.21. The van der Waals surface area contributed by atoms with Crippen LogP contribution < -0.4 is 5.32 Å². The lowest BCUT2D eigenvalue weighted by Gasteiger charge is -2.15. The minimum Gasteiger partial charge on any atom is -0.378 e. The molecule has 1 N–H and O–H groups in total. The molecule has 2 saturated heterocycles. The lowest BCUT2D eigenvalue weighted by atomic mass is 10.1. The molecule has 2 aliphatic heterocycles. The fourth-order valence-corrected chi connectivity index (χ4v) is 4.88. The summed E-state index contributed by atoms with van der Waals surface area (Å²) in [5.74, 6) is 5.28. The summed E-state index contributed by atoms with van der Waals surface area (Å²) in [6.45, 7) is 2.19. The molecule has 0 saturated carbocycles. The molecule has 0 unspecified atom stereocenters. The number of rotatable bonds is 6. The van der Waals surface area contributed by atoms with E-state index in [1.807, 2.05) is 0 Å². The molecule has 1 atom stereocenters. The number of ether oxygens (including phenoxy) is 1. The predicted octanol–water partition coefficient (Wildman–Crippen LogP) is 2.77. The van der Waals surface area contributed by atoms with Crippen LogP contribution in [-0.4, -0.2) is 48.3 Å². The van der Waals surface area contributed by atoms with Crippen molar-refractivity contribution in [2.75, 3.05) is 36.2 Å². The van der Waals surface area contributed by atoms with Crippen molar-refractivity contribution in [3.8, 4) is 0 Å². The third-order valence-corrected chi connectivity index (χ3v) is 5.94. The highest BCUT2D eigenvalue weighted by molar-refractivity contribution is 8.03. The van der Waals surface area contributed by atoms with E-state index in [0.717, 1.165) is 12.6 Å². The number of unbranched alkanes of at least 4 members (excludes halogenated alkanes) is 1. The quantitative estimate of drug-likeness (QED) is 0.752. The lowest BCUT2D eigenvalue weighted by Crippen LogP contribution is -2.33. The van der Waals surface area contributed by atoms with Gasteiger partial charge < -0.3 is 10.1 Å². The van der Waals surface area contributed by atoms with Gasteiger partial charge in [0, 0.05) is 35.7 Å². The summed E-state index contributed by atoms with van der Waals surface area (Å²) in [6, 6.07) is 0.746. The van der Waals surface area contributed by atoms with Crippen LogP contribution in [0.2, 0.25) is 0 Å². The van der Waals surface area contributed by atoms with Crippen LogP contribution in [0.4, 0.5) is 0 Å². The van der Waals surface area contributed by atoms with Gasteiger partial charge >= 0.3 is 0 Å². The third kappa shape index (κ3) is 5.86. The Bertz CT molecular complexity index is 190. The van der Waals surface area contributed by atoms with Crippen molar-refractivity contribution in [1.82, 2.24) is 5.32 Å². The minimum atomic E-state index is 0.582. The zero-order chi connectivity index (χ0) is 11.8. The van der Waals surface area contributed by atoms with Crippen LogP contribution in [-0.2, 0) is 4.74 Å². The van der Waals surface area contributed by atoms with Crippen molar-refractivity contribution in [3.63, 3.8) is 0 Å². The average molecular weight is 275 g/mol. The first kappa shape index (κ1) is 14.0. The molecule has 0 aromatic carbocycles. The molecule has 17 heavy (non-hydrogen) atoms. The second-order valence-electron chi connectivity index (χ2n) is 4.93. The molecule has 0 amide bonds. The number of hydrogen-bond donors (Lipinski definition) is 1. The van der Waals surface area contributed by atoms with Gasteiger partial charge in [-0.25, -0.2) is 0 Å². The molecule has 0 spiro atoms. The van der Waals surface area contributed by atoms with Crippen molar-refractivity contribution in [2.24, 2.45) is 0 Å². The summed E-state index contributed by atoms with van der Waals surface area (Å²) in [4.78, 5) is 0. The van der Waals surface area contributed by atoms with E-state index in [2.05, 4.69) is 28.8 Å². The van der Waals surface area contributed by atoms with Crippen molar-refractivity contribution in [3.05, 3.63) is 0 Å². The summed E-state index contributed by atoms with van der Waals surface area (Å²) < 4.78 is 5.64. The fourth-order valence-electron chi connectivity index (χ4n) is 2.41. The van der Waals surface area contributed by atoms with Crippen molar-refractivity contribution < 1.29 is 4.74 Å². The van der Waals surface area contributed by atoms with Gasteiger partial charge in [-0.1, -0.05) is 0 Å². The summed E-state index contributed by atoms with van der Waals surface area (Å²) in [6.07, 6.45) is 7.06. The molecule has 0 bridgehead atoms.